The van der Waals surface area contributed by atoms with Crippen LogP contribution < -0.4 is 10.2 Å². The number of fused-ring (bicyclic) bond motifs is 2. The van der Waals surface area contributed by atoms with E-state index in [1.54, 1.807) is 6.21 Å². The van der Waals surface area contributed by atoms with Crippen LogP contribution in [0.5, 0.6) is 5.75 Å². The number of ether oxygens (including phenoxy) is 1. The molecule has 198 valence electrons. The number of nitrogens with zero attached hydrogens (tertiary/aromatic N) is 2. The van der Waals surface area contributed by atoms with Crippen molar-refractivity contribution in [1.29, 1.82) is 0 Å². The Hall–Kier alpha value is -4.74. The lowest BCUT2D eigenvalue weighted by Gasteiger charge is -2.28. The number of amides is 1. The van der Waals surface area contributed by atoms with E-state index in [-0.39, 0.29) is 5.91 Å². The van der Waals surface area contributed by atoms with Crippen molar-refractivity contribution in [3.63, 3.8) is 0 Å². The Labute approximate surface area is 234 Å². The van der Waals surface area contributed by atoms with E-state index in [2.05, 4.69) is 70.0 Å². The molecule has 0 aromatic heterocycles. The molecule has 5 aromatic carbocycles. The highest BCUT2D eigenvalue weighted by Crippen LogP contribution is 2.21. The van der Waals surface area contributed by atoms with Crippen molar-refractivity contribution in [2.24, 2.45) is 5.10 Å². The number of hydrogen-bond donors (Lipinski definition) is 1. The molecule has 0 saturated carbocycles. The van der Waals surface area contributed by atoms with Crippen molar-refractivity contribution < 1.29 is 9.53 Å². The zero-order valence-electron chi connectivity index (χ0n) is 22.3. The van der Waals surface area contributed by atoms with Crippen LogP contribution >= 0.6 is 0 Å². The molecule has 40 heavy (non-hydrogen) atoms. The standard InChI is InChI=1S/C35H31N3O2/c39-35(31-15-9-27(10-16-31)23-38-20-19-30-6-2-4-8-33(30)24-38)37-36-22-26-12-17-34(18-13-26)40-25-28-11-14-29-5-1-3-7-32(29)21-28/h1-18,21-22H,19-20,23-25H2,(H,37,39)/b36-22-. The molecule has 5 heteroatoms. The van der Waals surface area contributed by atoms with Crippen LogP contribution in [-0.4, -0.2) is 23.6 Å². The van der Waals surface area contributed by atoms with E-state index < -0.39 is 0 Å². The van der Waals surface area contributed by atoms with Crippen LogP contribution in [0.15, 0.2) is 120 Å². The van der Waals surface area contributed by atoms with Crippen molar-refractivity contribution in [1.82, 2.24) is 10.3 Å². The highest BCUT2D eigenvalue weighted by atomic mass is 16.5. The van der Waals surface area contributed by atoms with Gasteiger partial charge in [0.2, 0.25) is 0 Å². The molecular weight excluding hydrogens is 494 g/mol. The summed E-state index contributed by atoms with van der Waals surface area (Å²) < 4.78 is 5.95. The largest absolute Gasteiger partial charge is 0.489 e. The number of nitrogens with one attached hydrogen (secondary N) is 1. The van der Waals surface area contributed by atoms with Crippen LogP contribution in [0, 0.1) is 0 Å². The normalized spacial score (nSPS) is 13.3. The molecule has 0 unspecified atom stereocenters. The Kier molecular flexibility index (Phi) is 7.64. The molecule has 0 fully saturated rings. The van der Waals surface area contributed by atoms with Crippen molar-refractivity contribution in [2.45, 2.75) is 26.1 Å². The molecule has 5 nitrogen and oxygen atoms in total. The number of hydrogen-bond acceptors (Lipinski definition) is 4. The minimum absolute atomic E-state index is 0.231. The zero-order valence-corrected chi connectivity index (χ0v) is 22.3. The van der Waals surface area contributed by atoms with E-state index in [1.165, 1.54) is 27.5 Å². The van der Waals surface area contributed by atoms with Gasteiger partial charge in [0.1, 0.15) is 12.4 Å². The maximum Gasteiger partial charge on any atom is 0.271 e. The van der Waals surface area contributed by atoms with Crippen LogP contribution in [0.4, 0.5) is 0 Å². The van der Waals surface area contributed by atoms with E-state index >= 15 is 0 Å². The van der Waals surface area contributed by atoms with Crippen molar-refractivity contribution >= 4 is 22.9 Å². The van der Waals surface area contributed by atoms with Gasteiger partial charge in [-0.3, -0.25) is 9.69 Å². The average Bonchev–Trinajstić information content (AvgIpc) is 3.01. The maximum absolute atomic E-state index is 12.6. The van der Waals surface area contributed by atoms with Gasteiger partial charge >= 0.3 is 0 Å². The summed E-state index contributed by atoms with van der Waals surface area (Å²) in [7, 11) is 0. The molecule has 0 aliphatic carbocycles. The summed E-state index contributed by atoms with van der Waals surface area (Å²) in [5.41, 5.74) is 9.26. The highest BCUT2D eigenvalue weighted by molar-refractivity contribution is 5.94. The van der Waals surface area contributed by atoms with Gasteiger partial charge in [-0.15, -0.1) is 0 Å². The monoisotopic (exact) mass is 525 g/mol. The second-order valence-corrected chi connectivity index (χ2v) is 10.2. The minimum Gasteiger partial charge on any atom is -0.489 e. The fraction of sp³-hybridized carbons (Fsp3) is 0.143. The molecule has 5 aromatic rings. The lowest BCUT2D eigenvalue weighted by Crippen LogP contribution is -2.30. The molecular formula is C35H31N3O2. The number of benzene rings is 5. The van der Waals surface area contributed by atoms with Gasteiger partial charge in [-0.25, -0.2) is 5.43 Å². The summed E-state index contributed by atoms with van der Waals surface area (Å²) in [5, 5.41) is 6.56. The molecule has 0 bridgehead atoms. The first-order chi connectivity index (χ1) is 19.7. The second kappa shape index (κ2) is 12.0. The third-order valence-electron chi connectivity index (χ3n) is 7.31. The Morgan fingerprint density at radius 3 is 2.35 bits per heavy atom. The minimum atomic E-state index is -0.231. The lowest BCUT2D eigenvalue weighted by atomic mass is 9.99. The van der Waals surface area contributed by atoms with Crippen LogP contribution in [0.25, 0.3) is 10.8 Å². The van der Waals surface area contributed by atoms with Gasteiger partial charge < -0.3 is 4.74 Å². The summed E-state index contributed by atoms with van der Waals surface area (Å²) >= 11 is 0. The molecule has 0 saturated heterocycles. The smallest absolute Gasteiger partial charge is 0.271 e. The summed E-state index contributed by atoms with van der Waals surface area (Å²) in [4.78, 5) is 15.0. The SMILES string of the molecule is O=C(N/N=C\c1ccc(OCc2ccc3ccccc3c2)cc1)c1ccc(CN2CCc3ccccc3C2)cc1. The third kappa shape index (κ3) is 6.28. The molecule has 6 rings (SSSR count). The van der Waals surface area contributed by atoms with Crippen LogP contribution in [-0.2, 0) is 26.1 Å². The first-order valence-corrected chi connectivity index (χ1v) is 13.6. The topological polar surface area (TPSA) is 53.9 Å². The molecule has 1 N–H and O–H groups in total. The van der Waals surface area contributed by atoms with E-state index in [9.17, 15) is 4.79 Å². The van der Waals surface area contributed by atoms with Crippen molar-refractivity contribution in [3.8, 4) is 5.75 Å². The predicted molar refractivity (Wildman–Crippen MR) is 160 cm³/mol. The van der Waals surface area contributed by atoms with E-state index in [4.69, 9.17) is 4.74 Å². The van der Waals surface area contributed by atoms with E-state index in [1.807, 2.05) is 60.7 Å². The number of carbonyl (C=O) groups is 1. The maximum atomic E-state index is 12.6. The molecule has 1 aliphatic heterocycles. The predicted octanol–water partition coefficient (Wildman–Crippen LogP) is 6.74. The van der Waals surface area contributed by atoms with Gasteiger partial charge in [-0.05, 0) is 87.5 Å². The zero-order chi connectivity index (χ0) is 27.1. The molecule has 0 atom stereocenters. The second-order valence-electron chi connectivity index (χ2n) is 10.2. The molecule has 0 radical (unpaired) electrons. The van der Waals surface area contributed by atoms with Crippen molar-refractivity contribution in [3.05, 3.63) is 149 Å². The Bertz CT molecular complexity index is 1640. The van der Waals surface area contributed by atoms with E-state index in [0.717, 1.165) is 42.9 Å². The average molecular weight is 526 g/mol. The fourth-order valence-corrected chi connectivity index (χ4v) is 5.08. The summed E-state index contributed by atoms with van der Waals surface area (Å²) in [5.74, 6) is 0.549. The number of hydrazone groups is 1. The molecule has 0 spiro atoms. The first-order valence-electron chi connectivity index (χ1n) is 13.6. The van der Waals surface area contributed by atoms with E-state index in [0.29, 0.717) is 12.2 Å². The number of carbonyl (C=O) groups excluding carboxylic acids is 1. The van der Waals surface area contributed by atoms with Gasteiger partial charge in [0.05, 0.1) is 6.21 Å². The molecule has 1 heterocycles. The summed E-state index contributed by atoms with van der Waals surface area (Å²) in [6.07, 6.45) is 2.71. The Morgan fingerprint density at radius 1 is 0.800 bits per heavy atom. The summed E-state index contributed by atoms with van der Waals surface area (Å²) in [6.45, 7) is 3.38. The Balaban J connectivity index is 0.973. The fourth-order valence-electron chi connectivity index (χ4n) is 5.08. The Morgan fingerprint density at radius 2 is 1.52 bits per heavy atom. The quantitative estimate of drug-likeness (QED) is 0.180. The van der Waals surface area contributed by atoms with Gasteiger partial charge in [-0.2, -0.15) is 5.10 Å². The lowest BCUT2D eigenvalue weighted by molar-refractivity contribution is 0.0955. The number of rotatable bonds is 8. The highest BCUT2D eigenvalue weighted by Gasteiger charge is 2.16. The van der Waals surface area contributed by atoms with Gasteiger partial charge in [-0.1, -0.05) is 72.8 Å². The van der Waals surface area contributed by atoms with Crippen LogP contribution in [0.3, 0.4) is 0 Å². The first kappa shape index (κ1) is 25.5. The van der Waals surface area contributed by atoms with Gasteiger partial charge in [0.25, 0.3) is 5.91 Å². The van der Waals surface area contributed by atoms with Gasteiger partial charge in [0, 0.05) is 25.2 Å². The molecule has 1 aliphatic rings. The van der Waals surface area contributed by atoms with Crippen LogP contribution in [0.1, 0.15) is 38.2 Å². The van der Waals surface area contributed by atoms with Crippen molar-refractivity contribution in [2.75, 3.05) is 6.54 Å². The summed E-state index contributed by atoms with van der Waals surface area (Å²) in [6, 6.07) is 38.7. The third-order valence-corrected chi connectivity index (χ3v) is 7.31. The van der Waals surface area contributed by atoms with Gasteiger partial charge in [0.15, 0.2) is 0 Å². The van der Waals surface area contributed by atoms with Crippen LogP contribution in [0.2, 0.25) is 0 Å². The molecule has 1 amide bonds.